The highest BCUT2D eigenvalue weighted by Gasteiger charge is 2.48. The number of fused-ring (bicyclic) bond motifs is 3. The van der Waals surface area contributed by atoms with E-state index in [1.54, 1.807) is 18.2 Å². The average Bonchev–Trinajstić information content (AvgIpc) is 2.72. The van der Waals surface area contributed by atoms with Crippen molar-refractivity contribution in [1.82, 2.24) is 0 Å². The lowest BCUT2D eigenvalue weighted by atomic mass is 9.90. The fourth-order valence-corrected chi connectivity index (χ4v) is 6.33. The Morgan fingerprint density at radius 1 is 1.00 bits per heavy atom. The molecule has 1 aromatic rings. The van der Waals surface area contributed by atoms with E-state index in [1.165, 1.54) is 0 Å². The van der Waals surface area contributed by atoms with Gasteiger partial charge in [-0.1, -0.05) is 0 Å². The van der Waals surface area contributed by atoms with Crippen LogP contribution >= 0.6 is 0 Å². The van der Waals surface area contributed by atoms with E-state index in [0.29, 0.717) is 56.0 Å². The molecule has 2 unspecified atom stereocenters. The van der Waals surface area contributed by atoms with Crippen molar-refractivity contribution in [3.63, 3.8) is 0 Å². The highest BCUT2D eigenvalue weighted by Crippen LogP contribution is 2.42. The Balaban J connectivity index is 1.58. The quantitative estimate of drug-likeness (QED) is 0.779. The van der Waals surface area contributed by atoms with Gasteiger partial charge in [0.05, 0.1) is 10.5 Å². The van der Waals surface area contributed by atoms with E-state index in [4.69, 9.17) is 9.47 Å². The molecule has 2 saturated heterocycles. The van der Waals surface area contributed by atoms with Gasteiger partial charge in [-0.2, -0.15) is 0 Å². The molecule has 0 saturated carbocycles. The fourth-order valence-electron chi connectivity index (χ4n) is 3.85. The molecule has 1 aromatic carbocycles. The number of sulfone groups is 1. The van der Waals surface area contributed by atoms with Crippen LogP contribution in [0.15, 0.2) is 18.2 Å². The number of hydrogen-bond donors (Lipinski definition) is 0. The molecule has 118 valence electrons. The second-order valence-electron chi connectivity index (χ2n) is 6.30. The van der Waals surface area contributed by atoms with Crippen LogP contribution in [0.5, 0.6) is 11.5 Å². The van der Waals surface area contributed by atoms with Gasteiger partial charge in [-0.15, -0.1) is 0 Å². The van der Waals surface area contributed by atoms with E-state index < -0.39 is 9.84 Å². The Morgan fingerprint density at radius 2 is 1.64 bits per heavy atom. The zero-order chi connectivity index (χ0) is 15.3. The third kappa shape index (κ3) is 2.12. The summed E-state index contributed by atoms with van der Waals surface area (Å²) >= 11 is 0. The van der Waals surface area contributed by atoms with Gasteiger partial charge in [-0.3, -0.25) is 4.79 Å². The SMILES string of the molecule is O=C(c1ccc2c(c1)OCCO2)C1CC2CCC(C1)S2(=O)=O. The van der Waals surface area contributed by atoms with E-state index in [0.717, 1.165) is 0 Å². The highest BCUT2D eigenvalue weighted by atomic mass is 32.2. The molecule has 0 aliphatic carbocycles. The molecule has 3 aliphatic rings. The van der Waals surface area contributed by atoms with Crippen LogP contribution in [0.1, 0.15) is 36.0 Å². The van der Waals surface area contributed by atoms with Crippen molar-refractivity contribution in [2.24, 2.45) is 5.92 Å². The van der Waals surface area contributed by atoms with Crippen LogP contribution in [0.4, 0.5) is 0 Å². The molecular weight excluding hydrogens is 304 g/mol. The maximum atomic E-state index is 12.7. The van der Waals surface area contributed by atoms with Crippen LogP contribution in [-0.2, 0) is 9.84 Å². The van der Waals surface area contributed by atoms with E-state index in [2.05, 4.69) is 0 Å². The highest BCUT2D eigenvalue weighted by molar-refractivity contribution is 7.93. The first kappa shape index (κ1) is 14.1. The standard InChI is InChI=1S/C16H18O5S/c17-16(10-1-4-14-15(9-10)21-6-5-20-14)11-7-12-2-3-13(8-11)22(12,18)19/h1,4,9,11-13H,2-3,5-8H2. The van der Waals surface area contributed by atoms with E-state index in [9.17, 15) is 13.2 Å². The predicted octanol–water partition coefficient (Wildman–Crippen LogP) is 2.00. The molecule has 3 heterocycles. The molecule has 0 spiro atoms. The van der Waals surface area contributed by atoms with Gasteiger partial charge in [-0.25, -0.2) is 8.42 Å². The maximum absolute atomic E-state index is 12.7. The van der Waals surface area contributed by atoms with E-state index >= 15 is 0 Å². The number of carbonyl (C=O) groups is 1. The van der Waals surface area contributed by atoms with Crippen LogP contribution in [0.3, 0.4) is 0 Å². The number of benzene rings is 1. The molecule has 2 bridgehead atoms. The Morgan fingerprint density at radius 3 is 2.32 bits per heavy atom. The second-order valence-corrected chi connectivity index (χ2v) is 8.81. The lowest BCUT2D eigenvalue weighted by Crippen LogP contribution is -2.36. The van der Waals surface area contributed by atoms with Gasteiger partial charge in [-0.05, 0) is 43.9 Å². The summed E-state index contributed by atoms with van der Waals surface area (Å²) in [5.74, 6) is 1.10. The molecule has 6 heteroatoms. The number of hydrogen-bond acceptors (Lipinski definition) is 5. The number of ketones is 1. The summed E-state index contributed by atoms with van der Waals surface area (Å²) < 4.78 is 35.2. The normalized spacial score (nSPS) is 31.7. The smallest absolute Gasteiger partial charge is 0.166 e. The minimum Gasteiger partial charge on any atom is -0.486 e. The lowest BCUT2D eigenvalue weighted by molar-refractivity contribution is 0.0904. The number of ether oxygens (including phenoxy) is 2. The Bertz CT molecular complexity index is 704. The van der Waals surface area contributed by atoms with Crippen molar-refractivity contribution < 1.29 is 22.7 Å². The molecule has 4 rings (SSSR count). The topological polar surface area (TPSA) is 69.7 Å². The van der Waals surface area contributed by atoms with Crippen molar-refractivity contribution in [2.45, 2.75) is 36.2 Å². The zero-order valence-corrected chi connectivity index (χ0v) is 13.0. The minimum atomic E-state index is -2.99. The van der Waals surface area contributed by atoms with Crippen molar-refractivity contribution in [3.8, 4) is 11.5 Å². The first-order valence-electron chi connectivity index (χ1n) is 7.72. The molecule has 0 amide bonds. The Hall–Kier alpha value is -1.56. The monoisotopic (exact) mass is 322 g/mol. The lowest BCUT2D eigenvalue weighted by Gasteiger charge is -2.27. The molecule has 0 N–H and O–H groups in total. The summed E-state index contributed by atoms with van der Waals surface area (Å²) in [5, 5.41) is -0.644. The van der Waals surface area contributed by atoms with Gasteiger partial charge in [0.2, 0.25) is 0 Å². The van der Waals surface area contributed by atoms with Crippen molar-refractivity contribution >= 4 is 15.6 Å². The van der Waals surface area contributed by atoms with Gasteiger partial charge in [0.1, 0.15) is 13.2 Å². The van der Waals surface area contributed by atoms with Gasteiger partial charge in [0.25, 0.3) is 0 Å². The molecular formula is C16H18O5S. The zero-order valence-electron chi connectivity index (χ0n) is 12.2. The van der Waals surface area contributed by atoms with Gasteiger partial charge < -0.3 is 9.47 Å². The fraction of sp³-hybridized carbons (Fsp3) is 0.562. The van der Waals surface area contributed by atoms with Gasteiger partial charge in [0, 0.05) is 11.5 Å². The summed E-state index contributed by atoms with van der Waals surface area (Å²) in [5.41, 5.74) is 0.591. The Kier molecular flexibility index (Phi) is 3.18. The molecule has 0 aromatic heterocycles. The molecule has 2 fully saturated rings. The largest absolute Gasteiger partial charge is 0.486 e. The average molecular weight is 322 g/mol. The molecule has 2 atom stereocenters. The molecule has 5 nitrogen and oxygen atoms in total. The van der Waals surface area contributed by atoms with Gasteiger partial charge in [0.15, 0.2) is 27.1 Å². The summed E-state index contributed by atoms with van der Waals surface area (Å²) in [6.45, 7) is 1.00. The van der Waals surface area contributed by atoms with E-state index in [-0.39, 0.29) is 22.2 Å². The van der Waals surface area contributed by atoms with Crippen LogP contribution in [0, 0.1) is 5.92 Å². The summed E-state index contributed by atoms with van der Waals surface area (Å²) in [7, 11) is -2.99. The molecule has 22 heavy (non-hydrogen) atoms. The number of carbonyl (C=O) groups excluding carboxylic acids is 1. The number of Topliss-reactive ketones (excluding diaryl/α,β-unsaturated/α-hetero) is 1. The predicted molar refractivity (Wildman–Crippen MR) is 80.2 cm³/mol. The first-order valence-corrected chi connectivity index (χ1v) is 9.33. The summed E-state index contributed by atoms with van der Waals surface area (Å²) in [6, 6.07) is 5.23. The molecule has 0 radical (unpaired) electrons. The second kappa shape index (κ2) is 4.98. The van der Waals surface area contributed by atoms with Crippen LogP contribution in [0.2, 0.25) is 0 Å². The van der Waals surface area contributed by atoms with Crippen molar-refractivity contribution in [1.29, 1.82) is 0 Å². The minimum absolute atomic E-state index is 0.0313. The maximum Gasteiger partial charge on any atom is 0.166 e. The summed E-state index contributed by atoms with van der Waals surface area (Å²) in [4.78, 5) is 12.7. The van der Waals surface area contributed by atoms with E-state index in [1.807, 2.05) is 0 Å². The Labute approximate surface area is 129 Å². The van der Waals surface area contributed by atoms with Crippen molar-refractivity contribution in [3.05, 3.63) is 23.8 Å². The van der Waals surface area contributed by atoms with Gasteiger partial charge >= 0.3 is 0 Å². The molecule has 3 aliphatic heterocycles. The third-order valence-electron chi connectivity index (χ3n) is 5.03. The van der Waals surface area contributed by atoms with Crippen LogP contribution in [-0.4, -0.2) is 37.9 Å². The number of rotatable bonds is 2. The van der Waals surface area contributed by atoms with Crippen LogP contribution in [0.25, 0.3) is 0 Å². The summed E-state index contributed by atoms with van der Waals surface area (Å²) in [6.07, 6.45) is 2.34. The third-order valence-corrected chi connectivity index (χ3v) is 7.75. The van der Waals surface area contributed by atoms with Crippen LogP contribution < -0.4 is 9.47 Å². The van der Waals surface area contributed by atoms with Crippen molar-refractivity contribution in [2.75, 3.05) is 13.2 Å². The first-order chi connectivity index (χ1) is 10.6.